The first-order chi connectivity index (χ1) is 12.4. The Hall–Kier alpha value is -2.48. The van der Waals surface area contributed by atoms with Crippen molar-refractivity contribution in [2.24, 2.45) is 5.10 Å². The van der Waals surface area contributed by atoms with Gasteiger partial charge >= 0.3 is 5.97 Å². The average Bonchev–Trinajstić information content (AvgIpc) is 2.99. The third kappa shape index (κ3) is 4.57. The van der Waals surface area contributed by atoms with E-state index in [1.807, 2.05) is 36.4 Å². The highest BCUT2D eigenvalue weighted by Crippen LogP contribution is 2.22. The van der Waals surface area contributed by atoms with Gasteiger partial charge in [-0.3, -0.25) is 4.79 Å². The molecule has 0 saturated carbocycles. The van der Waals surface area contributed by atoms with E-state index in [0.717, 1.165) is 10.6 Å². The van der Waals surface area contributed by atoms with E-state index < -0.39 is 21.8 Å². The molecule has 0 unspecified atom stereocenters. The summed E-state index contributed by atoms with van der Waals surface area (Å²) in [6, 6.07) is 9.12. The van der Waals surface area contributed by atoms with Crippen LogP contribution in [0.5, 0.6) is 0 Å². The minimum Gasteiger partial charge on any atom is -0.457 e. The third-order valence-electron chi connectivity index (χ3n) is 4.27. The van der Waals surface area contributed by atoms with E-state index >= 15 is 0 Å². The van der Waals surface area contributed by atoms with Gasteiger partial charge in [-0.1, -0.05) is 36.4 Å². The number of benzene rings is 1. The lowest BCUT2D eigenvalue weighted by Gasteiger charge is -2.27. The molecule has 1 amide bonds. The van der Waals surface area contributed by atoms with Crippen molar-refractivity contribution in [3.63, 3.8) is 0 Å². The number of nitrogens with zero attached hydrogens (tertiary/aromatic N) is 2. The monoisotopic (exact) mass is 376 g/mol. The molecule has 3 rings (SSSR count). The molecule has 0 aliphatic carbocycles. The van der Waals surface area contributed by atoms with Crippen molar-refractivity contribution in [3.05, 3.63) is 42.0 Å². The van der Waals surface area contributed by atoms with Gasteiger partial charge in [-0.25, -0.2) is 18.2 Å². The number of esters is 1. The zero-order valence-corrected chi connectivity index (χ0v) is 15.0. The maximum atomic E-state index is 12.2. The number of carbonyl (C=O) groups excluding carboxylic acids is 2. The van der Waals surface area contributed by atoms with Crippen molar-refractivity contribution in [2.45, 2.75) is 25.3 Å². The Morgan fingerprint density at radius 1 is 1.27 bits per heavy atom. The summed E-state index contributed by atoms with van der Waals surface area (Å²) in [6.07, 6.45) is 4.25. The highest BCUT2D eigenvalue weighted by Gasteiger charge is 2.37. The van der Waals surface area contributed by atoms with Crippen molar-refractivity contribution >= 4 is 33.5 Å². The molecule has 138 valence electrons. The van der Waals surface area contributed by atoms with Gasteiger partial charge in [0.15, 0.2) is 9.84 Å². The zero-order valence-electron chi connectivity index (χ0n) is 14.2. The fourth-order valence-electron chi connectivity index (χ4n) is 2.93. The molecule has 1 fully saturated rings. The number of hydrogen-bond acceptors (Lipinski definition) is 6. The van der Waals surface area contributed by atoms with Crippen LogP contribution in [-0.4, -0.2) is 55.2 Å². The van der Waals surface area contributed by atoms with Gasteiger partial charge in [0.2, 0.25) is 5.91 Å². The van der Waals surface area contributed by atoms with Crippen LogP contribution in [0.15, 0.2) is 41.5 Å². The lowest BCUT2D eigenvalue weighted by Crippen LogP contribution is -2.42. The molecule has 2 aliphatic rings. The second-order valence-corrected chi connectivity index (χ2v) is 8.48. The van der Waals surface area contributed by atoms with E-state index in [1.54, 1.807) is 6.08 Å². The second kappa shape index (κ2) is 7.82. The van der Waals surface area contributed by atoms with Crippen molar-refractivity contribution in [2.75, 3.05) is 18.1 Å². The second-order valence-electron chi connectivity index (χ2n) is 6.25. The summed E-state index contributed by atoms with van der Waals surface area (Å²) in [7, 11) is -3.14. The fourth-order valence-corrected chi connectivity index (χ4v) is 4.62. The van der Waals surface area contributed by atoms with Gasteiger partial charge in [0, 0.05) is 12.8 Å². The average molecular weight is 376 g/mol. The van der Waals surface area contributed by atoms with Crippen LogP contribution in [0.2, 0.25) is 0 Å². The van der Waals surface area contributed by atoms with E-state index in [2.05, 4.69) is 5.10 Å². The topological polar surface area (TPSA) is 93.1 Å². The van der Waals surface area contributed by atoms with Crippen LogP contribution >= 0.6 is 0 Å². The van der Waals surface area contributed by atoms with E-state index in [0.29, 0.717) is 6.42 Å². The summed E-state index contributed by atoms with van der Waals surface area (Å²) in [5.74, 6) is -0.903. The molecule has 2 aliphatic heterocycles. The van der Waals surface area contributed by atoms with E-state index in [-0.39, 0.29) is 42.6 Å². The third-order valence-corrected chi connectivity index (χ3v) is 6.02. The van der Waals surface area contributed by atoms with Crippen LogP contribution in [0.1, 0.15) is 24.8 Å². The van der Waals surface area contributed by atoms with E-state index in [4.69, 9.17) is 4.74 Å². The van der Waals surface area contributed by atoms with Crippen LogP contribution in [0.4, 0.5) is 0 Å². The summed E-state index contributed by atoms with van der Waals surface area (Å²) in [5, 5.41) is 5.24. The Labute approximate surface area is 152 Å². The number of ether oxygens (including phenoxy) is 1. The summed E-state index contributed by atoms with van der Waals surface area (Å²) < 4.78 is 28.4. The minimum absolute atomic E-state index is 0.0427. The molecule has 7 nitrogen and oxygen atoms in total. The lowest BCUT2D eigenvalue weighted by atomic mass is 10.1. The predicted molar refractivity (Wildman–Crippen MR) is 97.0 cm³/mol. The molecule has 2 heterocycles. The van der Waals surface area contributed by atoms with Crippen molar-refractivity contribution in [3.8, 4) is 0 Å². The first-order valence-corrected chi connectivity index (χ1v) is 10.3. The van der Waals surface area contributed by atoms with Gasteiger partial charge < -0.3 is 4.74 Å². The number of rotatable bonds is 5. The van der Waals surface area contributed by atoms with Crippen LogP contribution in [0, 0.1) is 0 Å². The maximum absolute atomic E-state index is 12.2. The largest absolute Gasteiger partial charge is 0.457 e. The highest BCUT2D eigenvalue weighted by molar-refractivity contribution is 7.91. The molecule has 0 spiro atoms. The normalized spacial score (nSPS) is 22.5. The number of hydrazone groups is 1. The number of sulfone groups is 1. The molecule has 0 bridgehead atoms. The van der Waals surface area contributed by atoms with Gasteiger partial charge in [-0.15, -0.1) is 0 Å². The molecule has 1 atom stereocenters. The quantitative estimate of drug-likeness (QED) is 0.725. The Kier molecular flexibility index (Phi) is 5.51. The Balaban J connectivity index is 1.59. The molecule has 26 heavy (non-hydrogen) atoms. The van der Waals surface area contributed by atoms with Crippen molar-refractivity contribution in [1.29, 1.82) is 0 Å². The van der Waals surface area contributed by atoms with Gasteiger partial charge in [0.25, 0.3) is 0 Å². The molecule has 1 aromatic carbocycles. The summed E-state index contributed by atoms with van der Waals surface area (Å²) in [6.45, 7) is 0.0957. The van der Waals surface area contributed by atoms with Crippen LogP contribution in [0.3, 0.4) is 0 Å². The van der Waals surface area contributed by atoms with Crippen LogP contribution in [-0.2, 0) is 24.2 Å². The standard InChI is InChI=1S/C18H20N2O5S/c21-17-9-8-16(19-20(17)15-10-12-26(23,24)13-15)18(22)25-11-4-7-14-5-2-1-3-6-14/h1-7,15H,8-13H2/b7-4+/t15-/m1/s1. The lowest BCUT2D eigenvalue weighted by molar-refractivity contribution is -0.136. The predicted octanol–water partition coefficient (Wildman–Crippen LogP) is 1.41. The smallest absolute Gasteiger partial charge is 0.354 e. The first kappa shape index (κ1) is 18.3. The molecule has 0 N–H and O–H groups in total. The minimum atomic E-state index is -3.14. The maximum Gasteiger partial charge on any atom is 0.354 e. The molecular weight excluding hydrogens is 356 g/mol. The summed E-state index contributed by atoms with van der Waals surface area (Å²) in [5.41, 5.74) is 1.15. The Bertz CT molecular complexity index is 846. The molecule has 1 saturated heterocycles. The summed E-state index contributed by atoms with van der Waals surface area (Å²) >= 11 is 0. The fraction of sp³-hybridized carbons (Fsp3) is 0.389. The molecule has 1 aromatic rings. The van der Waals surface area contributed by atoms with Gasteiger partial charge in [0.1, 0.15) is 12.3 Å². The molecule has 8 heteroatoms. The molecule has 0 radical (unpaired) electrons. The SMILES string of the molecule is O=C(OC/C=C/c1ccccc1)C1=NN([C@@H]2CCS(=O)(=O)C2)C(=O)CC1. The molecular formula is C18H20N2O5S. The number of amides is 1. The van der Waals surface area contributed by atoms with E-state index in [1.165, 1.54) is 0 Å². The van der Waals surface area contributed by atoms with Crippen molar-refractivity contribution < 1.29 is 22.7 Å². The first-order valence-electron chi connectivity index (χ1n) is 8.43. The van der Waals surface area contributed by atoms with Gasteiger partial charge in [-0.05, 0) is 18.1 Å². The van der Waals surface area contributed by atoms with Gasteiger partial charge in [0.05, 0.1) is 17.5 Å². The van der Waals surface area contributed by atoms with E-state index in [9.17, 15) is 18.0 Å². The van der Waals surface area contributed by atoms with Crippen LogP contribution in [0.25, 0.3) is 6.08 Å². The Morgan fingerprint density at radius 3 is 2.73 bits per heavy atom. The number of hydrogen-bond donors (Lipinski definition) is 0. The summed E-state index contributed by atoms with van der Waals surface area (Å²) in [4.78, 5) is 24.2. The Morgan fingerprint density at radius 2 is 2.04 bits per heavy atom. The zero-order chi connectivity index (χ0) is 18.6. The van der Waals surface area contributed by atoms with Crippen LogP contribution < -0.4 is 0 Å². The number of carbonyl (C=O) groups is 2. The van der Waals surface area contributed by atoms with Gasteiger partial charge in [-0.2, -0.15) is 5.10 Å². The van der Waals surface area contributed by atoms with Crippen molar-refractivity contribution in [1.82, 2.24) is 5.01 Å². The highest BCUT2D eigenvalue weighted by atomic mass is 32.2. The molecule has 0 aromatic heterocycles.